The second kappa shape index (κ2) is 9.38. The largest absolute Gasteiger partial charge is 0.490 e. The number of nitrogens with one attached hydrogen (secondary N) is 1. The third kappa shape index (κ3) is 4.38. The zero-order valence-electron chi connectivity index (χ0n) is 19.4. The van der Waals surface area contributed by atoms with Crippen molar-refractivity contribution in [3.8, 4) is 11.5 Å². The normalized spacial score (nSPS) is 30.7. The Labute approximate surface area is 210 Å². The molecule has 8 heteroatoms. The molecule has 1 aliphatic heterocycles. The zero-order valence-corrected chi connectivity index (χ0v) is 21.0. The summed E-state index contributed by atoms with van der Waals surface area (Å²) < 4.78 is 11.7. The molecule has 4 saturated carbocycles. The number of nitrogens with zero attached hydrogens (tertiary/aromatic N) is 1. The van der Waals surface area contributed by atoms with Crippen LogP contribution in [0.5, 0.6) is 11.5 Å². The summed E-state index contributed by atoms with van der Waals surface area (Å²) in [5.41, 5.74) is 3.36. The van der Waals surface area contributed by atoms with Crippen LogP contribution >= 0.6 is 24.0 Å². The minimum atomic E-state index is -0.338. The van der Waals surface area contributed by atoms with Crippen molar-refractivity contribution in [2.24, 2.45) is 23.2 Å². The van der Waals surface area contributed by atoms with E-state index in [9.17, 15) is 9.59 Å². The Morgan fingerprint density at radius 3 is 2.50 bits per heavy atom. The number of hydrazine groups is 1. The van der Waals surface area contributed by atoms with Crippen molar-refractivity contribution in [3.05, 3.63) is 41.3 Å². The topological polar surface area (TPSA) is 67.9 Å². The first-order valence-electron chi connectivity index (χ1n) is 12.0. The van der Waals surface area contributed by atoms with Gasteiger partial charge in [0.05, 0.1) is 16.9 Å². The molecule has 1 aromatic carbocycles. The first kappa shape index (κ1) is 23.4. The number of carbonyl (C=O) groups excluding carboxylic acids is 2. The van der Waals surface area contributed by atoms with Crippen LogP contribution in [0.15, 0.2) is 35.8 Å². The standard InChI is InChI=1S/C26H30N2O4S2/c1-3-7-32-20-6-5-16(11-21(20)31-4-2)12-22-23(29)28(25(33)34-22)27-24(30)26-13-17-8-18(14-26)10-19(9-17)15-26/h3,5-6,11-12,17-19H,1,4,7-10,13-15H2,2H3,(H,27,30)/b22-12+. The predicted molar refractivity (Wildman–Crippen MR) is 137 cm³/mol. The number of ether oxygens (including phenoxy) is 2. The van der Waals surface area contributed by atoms with E-state index in [4.69, 9.17) is 21.7 Å². The monoisotopic (exact) mass is 498 g/mol. The fourth-order valence-electron chi connectivity index (χ4n) is 6.48. The molecular weight excluding hydrogens is 468 g/mol. The highest BCUT2D eigenvalue weighted by molar-refractivity contribution is 8.26. The molecule has 5 fully saturated rings. The Balaban J connectivity index is 1.31. The van der Waals surface area contributed by atoms with Crippen LogP contribution < -0.4 is 14.9 Å². The van der Waals surface area contributed by atoms with Crippen LogP contribution in [0.4, 0.5) is 0 Å². The molecule has 1 N–H and O–H groups in total. The van der Waals surface area contributed by atoms with Crippen LogP contribution in [0, 0.1) is 23.2 Å². The number of rotatable bonds is 8. The van der Waals surface area contributed by atoms with Gasteiger partial charge in [-0.15, -0.1) is 0 Å². The number of hydrogen-bond donors (Lipinski definition) is 1. The van der Waals surface area contributed by atoms with Crippen molar-refractivity contribution in [1.29, 1.82) is 0 Å². The van der Waals surface area contributed by atoms with E-state index >= 15 is 0 Å². The fourth-order valence-corrected chi connectivity index (χ4v) is 7.65. The summed E-state index contributed by atoms with van der Waals surface area (Å²) in [5.74, 6) is 2.85. The Kier molecular flexibility index (Phi) is 6.46. The second-order valence-corrected chi connectivity index (χ2v) is 11.6. The lowest BCUT2D eigenvalue weighted by atomic mass is 9.49. The predicted octanol–water partition coefficient (Wildman–Crippen LogP) is 5.10. The molecule has 0 atom stereocenters. The molecule has 0 radical (unpaired) electrons. The number of carbonyl (C=O) groups is 2. The molecule has 1 heterocycles. The lowest BCUT2D eigenvalue weighted by molar-refractivity contribution is -0.152. The maximum absolute atomic E-state index is 13.4. The van der Waals surface area contributed by atoms with Gasteiger partial charge in [0.1, 0.15) is 6.61 Å². The lowest BCUT2D eigenvalue weighted by Crippen LogP contribution is -2.57. The van der Waals surface area contributed by atoms with Crippen molar-refractivity contribution < 1.29 is 19.1 Å². The van der Waals surface area contributed by atoms with E-state index in [0.29, 0.717) is 51.7 Å². The van der Waals surface area contributed by atoms with Crippen molar-refractivity contribution in [3.63, 3.8) is 0 Å². The Bertz CT molecular complexity index is 1030. The van der Waals surface area contributed by atoms with Crippen LogP contribution in [0.25, 0.3) is 6.08 Å². The SMILES string of the molecule is C=CCOc1ccc(/C=C2/SC(=S)N(NC(=O)C34CC5CC(CC(C5)C3)C4)C2=O)cc1OCC. The second-order valence-electron chi connectivity index (χ2n) is 9.89. The molecule has 0 spiro atoms. The Morgan fingerprint density at radius 2 is 1.88 bits per heavy atom. The average molecular weight is 499 g/mol. The molecule has 180 valence electrons. The van der Waals surface area contributed by atoms with Gasteiger partial charge in [-0.1, -0.05) is 30.5 Å². The quantitative estimate of drug-likeness (QED) is 0.306. The van der Waals surface area contributed by atoms with E-state index in [0.717, 1.165) is 24.8 Å². The van der Waals surface area contributed by atoms with Gasteiger partial charge in [0.2, 0.25) is 5.91 Å². The lowest BCUT2D eigenvalue weighted by Gasteiger charge is -2.55. The molecule has 1 saturated heterocycles. The minimum Gasteiger partial charge on any atom is -0.490 e. The number of thioether (sulfide) groups is 1. The first-order chi connectivity index (χ1) is 16.4. The van der Waals surface area contributed by atoms with Gasteiger partial charge >= 0.3 is 0 Å². The van der Waals surface area contributed by atoms with E-state index in [1.807, 2.05) is 25.1 Å². The highest BCUT2D eigenvalue weighted by Gasteiger charge is 2.55. The first-order valence-corrected chi connectivity index (χ1v) is 13.2. The van der Waals surface area contributed by atoms with Crippen LogP contribution in [-0.4, -0.2) is 34.4 Å². The van der Waals surface area contributed by atoms with Gasteiger partial charge in [-0.25, -0.2) is 0 Å². The maximum atomic E-state index is 13.4. The van der Waals surface area contributed by atoms with Gasteiger partial charge < -0.3 is 9.47 Å². The van der Waals surface area contributed by atoms with Crippen molar-refractivity contribution in [2.45, 2.75) is 45.4 Å². The molecule has 4 aliphatic carbocycles. The smallest absolute Gasteiger partial charge is 0.285 e. The van der Waals surface area contributed by atoms with Gasteiger partial charge in [-0.3, -0.25) is 15.0 Å². The average Bonchev–Trinajstić information content (AvgIpc) is 3.05. The zero-order chi connectivity index (χ0) is 23.9. The summed E-state index contributed by atoms with van der Waals surface area (Å²) in [4.78, 5) is 27.1. The maximum Gasteiger partial charge on any atom is 0.285 e. The summed E-state index contributed by atoms with van der Waals surface area (Å²) >= 11 is 6.67. The third-order valence-electron chi connectivity index (χ3n) is 7.45. The van der Waals surface area contributed by atoms with Crippen LogP contribution in [-0.2, 0) is 9.59 Å². The van der Waals surface area contributed by atoms with Crippen LogP contribution in [0.2, 0.25) is 0 Å². The molecule has 0 aromatic heterocycles. The highest BCUT2D eigenvalue weighted by Crippen LogP contribution is 2.60. The number of amides is 2. The van der Waals surface area contributed by atoms with Crippen molar-refractivity contribution >= 4 is 46.2 Å². The fraction of sp³-hybridized carbons (Fsp3) is 0.500. The van der Waals surface area contributed by atoms with Crippen molar-refractivity contribution in [2.75, 3.05) is 13.2 Å². The Morgan fingerprint density at radius 1 is 1.21 bits per heavy atom. The molecular formula is C26H30N2O4S2. The van der Waals surface area contributed by atoms with Crippen LogP contribution in [0.1, 0.15) is 51.0 Å². The molecule has 6 nitrogen and oxygen atoms in total. The molecule has 34 heavy (non-hydrogen) atoms. The molecule has 2 amide bonds. The number of thiocarbonyl (C=S) groups is 1. The highest BCUT2D eigenvalue weighted by atomic mass is 32.2. The van der Waals surface area contributed by atoms with Gasteiger partial charge in [0.25, 0.3) is 5.91 Å². The molecule has 5 aliphatic rings. The van der Waals surface area contributed by atoms with E-state index in [-0.39, 0.29) is 17.2 Å². The summed E-state index contributed by atoms with van der Waals surface area (Å²) in [7, 11) is 0. The van der Waals surface area contributed by atoms with E-state index < -0.39 is 0 Å². The third-order valence-corrected chi connectivity index (χ3v) is 8.75. The molecule has 4 bridgehead atoms. The minimum absolute atomic E-state index is 0.0356. The molecule has 6 rings (SSSR count). The summed E-state index contributed by atoms with van der Waals surface area (Å²) in [6.07, 6.45) is 10.1. The molecule has 1 aromatic rings. The molecule has 0 unspecified atom stereocenters. The van der Waals surface area contributed by atoms with Gasteiger partial charge in [-0.2, -0.15) is 5.01 Å². The van der Waals surface area contributed by atoms with E-state index in [2.05, 4.69) is 12.0 Å². The Hall–Kier alpha value is -2.32. The van der Waals surface area contributed by atoms with Gasteiger partial charge in [-0.05, 0) is 99.2 Å². The van der Waals surface area contributed by atoms with Gasteiger partial charge in [0.15, 0.2) is 15.8 Å². The van der Waals surface area contributed by atoms with Gasteiger partial charge in [0, 0.05) is 0 Å². The number of hydrogen-bond acceptors (Lipinski definition) is 6. The summed E-state index contributed by atoms with van der Waals surface area (Å²) in [5, 5.41) is 1.26. The summed E-state index contributed by atoms with van der Waals surface area (Å²) in [6.45, 7) is 6.44. The number of benzene rings is 1. The van der Waals surface area contributed by atoms with Crippen LogP contribution in [0.3, 0.4) is 0 Å². The summed E-state index contributed by atoms with van der Waals surface area (Å²) in [6, 6.07) is 5.51. The van der Waals surface area contributed by atoms with E-state index in [1.165, 1.54) is 36.0 Å². The van der Waals surface area contributed by atoms with E-state index in [1.54, 1.807) is 12.2 Å². The van der Waals surface area contributed by atoms with Crippen molar-refractivity contribution in [1.82, 2.24) is 10.4 Å².